The number of carbonyl (C=O) groups is 1. The highest BCUT2D eigenvalue weighted by atomic mass is 19.4. The molecular weight excluding hydrogens is 269 g/mol. The van der Waals surface area contributed by atoms with Gasteiger partial charge in [-0.25, -0.2) is 0 Å². The Labute approximate surface area is 115 Å². The first-order valence-electron chi connectivity index (χ1n) is 6.62. The summed E-state index contributed by atoms with van der Waals surface area (Å²) < 4.78 is 37.9. The van der Waals surface area contributed by atoms with Gasteiger partial charge in [-0.3, -0.25) is 4.79 Å². The predicted octanol–water partition coefficient (Wildman–Crippen LogP) is 3.13. The van der Waals surface area contributed by atoms with E-state index in [2.05, 4.69) is 5.32 Å². The van der Waals surface area contributed by atoms with Gasteiger partial charge in [-0.15, -0.1) is 0 Å². The van der Waals surface area contributed by atoms with Gasteiger partial charge in [-0.1, -0.05) is 6.07 Å². The van der Waals surface area contributed by atoms with Crippen LogP contribution in [0.25, 0.3) is 0 Å². The number of hydrogen-bond donors (Lipinski definition) is 1. The summed E-state index contributed by atoms with van der Waals surface area (Å²) in [5.41, 5.74) is -0.221. The van der Waals surface area contributed by atoms with Crippen LogP contribution in [0.2, 0.25) is 0 Å². The lowest BCUT2D eigenvalue weighted by atomic mass is 10.1. The quantitative estimate of drug-likeness (QED) is 0.866. The Hall–Kier alpha value is -1.72. The summed E-state index contributed by atoms with van der Waals surface area (Å²) in [4.78, 5) is 12.5. The summed E-state index contributed by atoms with van der Waals surface area (Å²) in [6.45, 7) is 1.24. The molecule has 0 spiro atoms. The van der Waals surface area contributed by atoms with Crippen LogP contribution >= 0.6 is 0 Å². The molecule has 1 atom stereocenters. The van der Waals surface area contributed by atoms with Gasteiger partial charge in [0, 0.05) is 24.8 Å². The Bertz CT molecular complexity index is 462. The van der Waals surface area contributed by atoms with E-state index in [4.69, 9.17) is 0 Å². The Morgan fingerprint density at radius 2 is 2.10 bits per heavy atom. The third-order valence-corrected chi connectivity index (χ3v) is 3.41. The summed E-state index contributed by atoms with van der Waals surface area (Å²) in [6.07, 6.45) is -0.802. The molecular formula is C14H17F3N2O. The van der Waals surface area contributed by atoms with Crippen molar-refractivity contribution >= 4 is 12.1 Å². The molecule has 1 fully saturated rings. The summed E-state index contributed by atoms with van der Waals surface area (Å²) in [7, 11) is 0. The molecule has 0 bridgehead atoms. The highest BCUT2D eigenvalue weighted by molar-refractivity contribution is 5.49. The van der Waals surface area contributed by atoms with E-state index in [1.807, 2.05) is 0 Å². The molecule has 1 N–H and O–H groups in total. The van der Waals surface area contributed by atoms with Crippen molar-refractivity contribution in [3.05, 3.63) is 29.8 Å². The van der Waals surface area contributed by atoms with Crippen LogP contribution < -0.4 is 5.32 Å². The second-order valence-electron chi connectivity index (χ2n) is 5.02. The number of benzene rings is 1. The first-order chi connectivity index (χ1) is 9.49. The van der Waals surface area contributed by atoms with Crippen LogP contribution in [-0.2, 0) is 11.0 Å². The van der Waals surface area contributed by atoms with E-state index in [0.29, 0.717) is 18.8 Å². The van der Waals surface area contributed by atoms with Crippen molar-refractivity contribution < 1.29 is 18.0 Å². The summed E-state index contributed by atoms with van der Waals surface area (Å²) in [6, 6.07) is 5.16. The van der Waals surface area contributed by atoms with Crippen LogP contribution in [0.3, 0.4) is 0 Å². The van der Waals surface area contributed by atoms with Gasteiger partial charge in [-0.2, -0.15) is 13.2 Å². The molecule has 20 heavy (non-hydrogen) atoms. The molecule has 3 nitrogen and oxygen atoms in total. The van der Waals surface area contributed by atoms with E-state index in [-0.39, 0.29) is 6.04 Å². The Morgan fingerprint density at radius 1 is 1.30 bits per heavy atom. The van der Waals surface area contributed by atoms with E-state index in [9.17, 15) is 18.0 Å². The summed E-state index contributed by atoms with van der Waals surface area (Å²) in [5, 5.41) is 3.10. The minimum atomic E-state index is -4.34. The highest BCUT2D eigenvalue weighted by Gasteiger charge is 2.30. The SMILES string of the molecule is O=CN1CCCCC(Nc2cccc(C(F)(F)F)c2)C1. The smallest absolute Gasteiger partial charge is 0.381 e. The number of anilines is 1. The zero-order valence-corrected chi connectivity index (χ0v) is 11.0. The monoisotopic (exact) mass is 286 g/mol. The van der Waals surface area contributed by atoms with Gasteiger partial charge in [0.25, 0.3) is 0 Å². The van der Waals surface area contributed by atoms with Gasteiger partial charge in [0.05, 0.1) is 5.56 Å². The molecule has 1 aromatic rings. The molecule has 1 aromatic carbocycles. The molecule has 1 amide bonds. The maximum Gasteiger partial charge on any atom is 0.416 e. The molecule has 1 aliphatic rings. The number of amides is 1. The molecule has 1 aliphatic heterocycles. The number of likely N-dealkylation sites (tertiary alicyclic amines) is 1. The van der Waals surface area contributed by atoms with Crippen molar-refractivity contribution in [1.29, 1.82) is 0 Å². The Morgan fingerprint density at radius 3 is 2.80 bits per heavy atom. The van der Waals surface area contributed by atoms with Crippen LogP contribution in [0.4, 0.5) is 18.9 Å². The van der Waals surface area contributed by atoms with Gasteiger partial charge in [0.15, 0.2) is 0 Å². The minimum Gasteiger partial charge on any atom is -0.381 e. The molecule has 0 radical (unpaired) electrons. The first kappa shape index (κ1) is 14.7. The average Bonchev–Trinajstić information content (AvgIpc) is 2.63. The van der Waals surface area contributed by atoms with Crippen LogP contribution in [0, 0.1) is 0 Å². The number of rotatable bonds is 3. The molecule has 110 valence electrons. The second-order valence-corrected chi connectivity index (χ2v) is 5.02. The average molecular weight is 286 g/mol. The highest BCUT2D eigenvalue weighted by Crippen LogP contribution is 2.31. The Balaban J connectivity index is 2.07. The standard InChI is InChI=1S/C14H17F3N2O/c15-14(16,17)11-4-3-6-12(8-11)18-13-5-1-2-7-19(9-13)10-20/h3-4,6,8,10,13,18H,1-2,5,7,9H2. The molecule has 0 aliphatic carbocycles. The lowest BCUT2D eigenvalue weighted by Gasteiger charge is -2.22. The topological polar surface area (TPSA) is 32.3 Å². The Kier molecular flexibility index (Phi) is 4.52. The lowest BCUT2D eigenvalue weighted by Crippen LogP contribution is -2.34. The first-order valence-corrected chi connectivity index (χ1v) is 6.62. The van der Waals surface area contributed by atoms with E-state index in [1.54, 1.807) is 11.0 Å². The van der Waals surface area contributed by atoms with Crippen molar-refractivity contribution in [3.8, 4) is 0 Å². The van der Waals surface area contributed by atoms with Crippen LogP contribution in [0.15, 0.2) is 24.3 Å². The third-order valence-electron chi connectivity index (χ3n) is 3.41. The predicted molar refractivity (Wildman–Crippen MR) is 70.3 cm³/mol. The number of carbonyl (C=O) groups excluding carboxylic acids is 1. The molecule has 2 rings (SSSR count). The second kappa shape index (κ2) is 6.15. The normalized spacial score (nSPS) is 20.4. The van der Waals surface area contributed by atoms with Crippen LogP contribution in [0.5, 0.6) is 0 Å². The van der Waals surface area contributed by atoms with E-state index in [1.165, 1.54) is 6.07 Å². The number of halogens is 3. The van der Waals surface area contributed by atoms with Crippen molar-refractivity contribution in [2.45, 2.75) is 31.5 Å². The molecule has 1 saturated heterocycles. The maximum absolute atomic E-state index is 12.6. The van der Waals surface area contributed by atoms with Gasteiger partial charge in [-0.05, 0) is 37.5 Å². The fraction of sp³-hybridized carbons (Fsp3) is 0.500. The van der Waals surface area contributed by atoms with Crippen molar-refractivity contribution in [1.82, 2.24) is 4.90 Å². The third kappa shape index (κ3) is 3.88. The largest absolute Gasteiger partial charge is 0.416 e. The van der Waals surface area contributed by atoms with Gasteiger partial charge in [0.2, 0.25) is 6.41 Å². The van der Waals surface area contributed by atoms with E-state index in [0.717, 1.165) is 37.8 Å². The molecule has 1 unspecified atom stereocenters. The van der Waals surface area contributed by atoms with Crippen LogP contribution in [-0.4, -0.2) is 30.4 Å². The van der Waals surface area contributed by atoms with Gasteiger partial charge >= 0.3 is 6.18 Å². The lowest BCUT2D eigenvalue weighted by molar-refractivity contribution is -0.137. The fourth-order valence-corrected chi connectivity index (χ4v) is 2.41. The summed E-state index contributed by atoms with van der Waals surface area (Å²) in [5.74, 6) is 0. The van der Waals surface area contributed by atoms with Crippen LogP contribution in [0.1, 0.15) is 24.8 Å². The molecule has 6 heteroatoms. The van der Waals surface area contributed by atoms with Gasteiger partial charge in [0.1, 0.15) is 0 Å². The number of alkyl halides is 3. The molecule has 0 aromatic heterocycles. The maximum atomic E-state index is 12.6. The summed E-state index contributed by atoms with van der Waals surface area (Å²) >= 11 is 0. The number of nitrogens with one attached hydrogen (secondary N) is 1. The van der Waals surface area contributed by atoms with Crippen molar-refractivity contribution in [3.63, 3.8) is 0 Å². The van der Waals surface area contributed by atoms with Crippen molar-refractivity contribution in [2.24, 2.45) is 0 Å². The van der Waals surface area contributed by atoms with Crippen molar-refractivity contribution in [2.75, 3.05) is 18.4 Å². The number of nitrogens with zero attached hydrogens (tertiary/aromatic N) is 1. The fourth-order valence-electron chi connectivity index (χ4n) is 2.41. The van der Waals surface area contributed by atoms with E-state index >= 15 is 0 Å². The van der Waals surface area contributed by atoms with E-state index < -0.39 is 11.7 Å². The zero-order valence-electron chi connectivity index (χ0n) is 11.0. The molecule has 0 saturated carbocycles. The number of hydrogen-bond acceptors (Lipinski definition) is 2. The van der Waals surface area contributed by atoms with Gasteiger partial charge < -0.3 is 10.2 Å². The minimum absolute atomic E-state index is 0.00816. The zero-order chi connectivity index (χ0) is 14.6. The molecule has 1 heterocycles.